The predicted octanol–water partition coefficient (Wildman–Crippen LogP) is 5.50. The molecule has 0 spiro atoms. The average molecular weight is 405 g/mol. The van der Waals surface area contributed by atoms with Crippen LogP contribution in [0.2, 0.25) is 0 Å². The lowest BCUT2D eigenvalue weighted by Gasteiger charge is -2.03. The van der Waals surface area contributed by atoms with Gasteiger partial charge in [0, 0.05) is 29.7 Å². The van der Waals surface area contributed by atoms with Gasteiger partial charge < -0.3 is 4.57 Å². The Morgan fingerprint density at radius 1 is 1.00 bits per heavy atom. The quantitative estimate of drug-likeness (QED) is 0.398. The largest absolute Gasteiger partial charge is 0.309 e. The van der Waals surface area contributed by atoms with Crippen LogP contribution in [0.5, 0.6) is 0 Å². The minimum Gasteiger partial charge on any atom is -0.309 e. The van der Waals surface area contributed by atoms with Gasteiger partial charge in [-0.2, -0.15) is 0 Å². The van der Waals surface area contributed by atoms with Crippen molar-refractivity contribution in [3.63, 3.8) is 0 Å². The normalized spacial score (nSPS) is 18.3. The fourth-order valence-corrected chi connectivity index (χ4v) is 5.29. The number of hydrogen-bond acceptors (Lipinski definition) is 5. The molecule has 2 aromatic carbocycles. The van der Waals surface area contributed by atoms with Gasteiger partial charge >= 0.3 is 0 Å². The van der Waals surface area contributed by atoms with Crippen molar-refractivity contribution in [2.75, 3.05) is 0 Å². The minimum absolute atomic E-state index is 0.484. The van der Waals surface area contributed by atoms with Crippen molar-refractivity contribution < 1.29 is 0 Å². The van der Waals surface area contributed by atoms with Crippen molar-refractivity contribution in [1.29, 1.82) is 0 Å². The number of hydrogen-bond donors (Lipinski definition) is 0. The van der Waals surface area contributed by atoms with E-state index in [4.69, 9.17) is 4.98 Å². The first-order valence-electron chi connectivity index (χ1n) is 9.36. The lowest BCUT2D eigenvalue weighted by Crippen LogP contribution is -1.98. The van der Waals surface area contributed by atoms with E-state index in [0.717, 1.165) is 33.9 Å². The lowest BCUT2D eigenvalue weighted by molar-refractivity contribution is 0.730. The van der Waals surface area contributed by atoms with E-state index in [1.165, 1.54) is 11.1 Å². The molecule has 1 saturated carbocycles. The van der Waals surface area contributed by atoms with Crippen molar-refractivity contribution in [3.8, 4) is 10.6 Å². The van der Waals surface area contributed by atoms with E-state index in [1.54, 1.807) is 23.1 Å². The Balaban J connectivity index is 1.25. The van der Waals surface area contributed by atoms with E-state index in [1.807, 2.05) is 18.2 Å². The summed E-state index contributed by atoms with van der Waals surface area (Å²) in [4.78, 5) is 4.77. The zero-order chi connectivity index (χ0) is 18.9. The smallest absolute Gasteiger partial charge is 0.191 e. The topological polar surface area (TPSA) is 43.6 Å². The molecule has 0 amide bonds. The molecule has 0 unspecified atom stereocenters. The fraction of sp³-hybridized carbons (Fsp3) is 0.227. The van der Waals surface area contributed by atoms with Crippen LogP contribution in [0.3, 0.4) is 0 Å². The molecule has 0 N–H and O–H groups in total. The summed E-state index contributed by atoms with van der Waals surface area (Å²) in [5.41, 5.74) is 3.66. The van der Waals surface area contributed by atoms with Crippen molar-refractivity contribution in [1.82, 2.24) is 19.7 Å². The third kappa shape index (κ3) is 3.50. The Hall–Kier alpha value is -2.44. The number of rotatable bonds is 6. The number of nitrogens with zero attached hydrogens (tertiary/aromatic N) is 4. The van der Waals surface area contributed by atoms with Gasteiger partial charge in [-0.25, -0.2) is 4.98 Å². The van der Waals surface area contributed by atoms with Crippen LogP contribution in [-0.4, -0.2) is 19.7 Å². The fourth-order valence-electron chi connectivity index (χ4n) is 3.55. The maximum atomic E-state index is 4.77. The van der Waals surface area contributed by atoms with E-state index in [9.17, 15) is 0 Å². The number of aromatic nitrogens is 4. The molecule has 2 atom stereocenters. The van der Waals surface area contributed by atoms with Crippen LogP contribution in [0.25, 0.3) is 10.6 Å². The third-order valence-electron chi connectivity index (χ3n) is 5.14. The van der Waals surface area contributed by atoms with Gasteiger partial charge in [0.1, 0.15) is 10.8 Å². The molecule has 1 aliphatic carbocycles. The Morgan fingerprint density at radius 2 is 1.75 bits per heavy atom. The second-order valence-electron chi connectivity index (χ2n) is 7.06. The van der Waals surface area contributed by atoms with Crippen LogP contribution in [-0.2, 0) is 12.8 Å². The molecule has 6 heteroatoms. The first-order valence-corrected chi connectivity index (χ1v) is 11.2. The van der Waals surface area contributed by atoms with Crippen LogP contribution in [0, 0.1) is 0 Å². The average Bonchev–Trinajstić information content (AvgIpc) is 3.24. The molecular weight excluding hydrogens is 384 g/mol. The van der Waals surface area contributed by atoms with Crippen LogP contribution < -0.4 is 0 Å². The van der Waals surface area contributed by atoms with Gasteiger partial charge in [-0.3, -0.25) is 0 Å². The molecule has 2 heterocycles. The molecule has 0 radical (unpaired) electrons. The van der Waals surface area contributed by atoms with Crippen molar-refractivity contribution in [2.24, 2.45) is 7.05 Å². The molecule has 5 rings (SSSR count). The third-order valence-corrected chi connectivity index (χ3v) is 7.13. The summed E-state index contributed by atoms with van der Waals surface area (Å²) in [6.07, 6.45) is 1.16. The van der Waals surface area contributed by atoms with Gasteiger partial charge in [0.15, 0.2) is 5.16 Å². The zero-order valence-corrected chi connectivity index (χ0v) is 17.2. The van der Waals surface area contributed by atoms with Crippen LogP contribution in [0.1, 0.15) is 35.3 Å². The molecule has 4 aromatic rings. The summed E-state index contributed by atoms with van der Waals surface area (Å²) in [5, 5.41) is 13.1. The minimum atomic E-state index is 0.484. The highest BCUT2D eigenvalue weighted by molar-refractivity contribution is 7.98. The summed E-state index contributed by atoms with van der Waals surface area (Å²) in [7, 11) is 2.08. The molecule has 0 saturated heterocycles. The van der Waals surface area contributed by atoms with Gasteiger partial charge in [-0.05, 0) is 17.9 Å². The number of thioether (sulfide) groups is 1. The summed E-state index contributed by atoms with van der Waals surface area (Å²) >= 11 is 3.40. The Morgan fingerprint density at radius 3 is 2.54 bits per heavy atom. The van der Waals surface area contributed by atoms with E-state index in [-0.39, 0.29) is 0 Å². The highest BCUT2D eigenvalue weighted by Crippen LogP contribution is 2.54. The highest BCUT2D eigenvalue weighted by atomic mass is 32.2. The zero-order valence-electron chi connectivity index (χ0n) is 15.5. The monoisotopic (exact) mass is 404 g/mol. The van der Waals surface area contributed by atoms with Crippen molar-refractivity contribution >= 4 is 23.1 Å². The maximum absolute atomic E-state index is 4.77. The molecule has 28 heavy (non-hydrogen) atoms. The molecule has 140 valence electrons. The van der Waals surface area contributed by atoms with Gasteiger partial charge in [0.25, 0.3) is 0 Å². The Labute approximate surface area is 172 Å². The molecule has 2 aromatic heterocycles. The highest BCUT2D eigenvalue weighted by Gasteiger charge is 2.42. The summed E-state index contributed by atoms with van der Waals surface area (Å²) in [6.45, 7) is 0. The molecule has 1 fully saturated rings. The molecule has 4 nitrogen and oxygen atoms in total. The van der Waals surface area contributed by atoms with Crippen LogP contribution in [0.15, 0.2) is 71.2 Å². The Bertz CT molecular complexity index is 1070. The predicted molar refractivity (Wildman–Crippen MR) is 115 cm³/mol. The first-order chi connectivity index (χ1) is 13.8. The van der Waals surface area contributed by atoms with E-state index in [2.05, 4.69) is 69.7 Å². The molecule has 0 bridgehead atoms. The molecule has 1 aliphatic rings. The summed E-state index contributed by atoms with van der Waals surface area (Å²) in [5.74, 6) is 2.97. The van der Waals surface area contributed by atoms with Crippen molar-refractivity contribution in [3.05, 3.63) is 83.1 Å². The SMILES string of the molecule is Cn1c(SCc2csc(-c3ccccc3)n2)nnc1[C@@H]1C[C@H]1c1ccccc1. The standard InChI is InChI=1S/C22H20N4S2/c1-26-20(19-12-18(19)15-8-4-2-5-9-15)24-25-22(26)28-14-17-13-27-21(23-17)16-10-6-3-7-11-16/h2-11,13,18-19H,12,14H2,1H3/t18-,19+/m0/s1. The molecule has 0 aliphatic heterocycles. The van der Waals surface area contributed by atoms with Crippen molar-refractivity contribution in [2.45, 2.75) is 29.2 Å². The van der Waals surface area contributed by atoms with E-state index < -0.39 is 0 Å². The maximum Gasteiger partial charge on any atom is 0.191 e. The second-order valence-corrected chi connectivity index (χ2v) is 8.86. The van der Waals surface area contributed by atoms with E-state index >= 15 is 0 Å². The summed E-state index contributed by atoms with van der Waals surface area (Å²) < 4.78 is 2.16. The van der Waals surface area contributed by atoms with Crippen LogP contribution >= 0.6 is 23.1 Å². The van der Waals surface area contributed by atoms with Gasteiger partial charge in [-0.1, -0.05) is 72.4 Å². The first kappa shape index (κ1) is 17.6. The van der Waals surface area contributed by atoms with Gasteiger partial charge in [0.2, 0.25) is 0 Å². The summed E-state index contributed by atoms with van der Waals surface area (Å²) in [6, 6.07) is 21.0. The van der Waals surface area contributed by atoms with Gasteiger partial charge in [0.05, 0.1) is 5.69 Å². The van der Waals surface area contributed by atoms with Crippen LogP contribution in [0.4, 0.5) is 0 Å². The molecular formula is C22H20N4S2. The Kier molecular flexibility index (Phi) is 4.74. The van der Waals surface area contributed by atoms with Gasteiger partial charge in [-0.15, -0.1) is 21.5 Å². The number of thiazole rings is 1. The lowest BCUT2D eigenvalue weighted by atomic mass is 10.1. The number of benzene rings is 2. The second kappa shape index (κ2) is 7.53. The van der Waals surface area contributed by atoms with E-state index in [0.29, 0.717) is 11.8 Å².